The van der Waals surface area contributed by atoms with E-state index in [4.69, 9.17) is 9.47 Å². The third kappa shape index (κ3) is 4.63. The summed E-state index contributed by atoms with van der Waals surface area (Å²) in [6.45, 7) is -0.588. The number of aromatic nitrogens is 6. The highest BCUT2D eigenvalue weighted by Crippen LogP contribution is 2.30. The van der Waals surface area contributed by atoms with Gasteiger partial charge in [0.25, 0.3) is 5.95 Å². The lowest BCUT2D eigenvalue weighted by molar-refractivity contribution is -0.239. The van der Waals surface area contributed by atoms with E-state index in [1.807, 2.05) is 0 Å². The van der Waals surface area contributed by atoms with Crippen molar-refractivity contribution in [2.45, 2.75) is 30.0 Å². The smallest absolute Gasteiger partial charge is 0.250 e. The van der Waals surface area contributed by atoms with Crippen molar-refractivity contribution in [1.82, 2.24) is 29.5 Å². The van der Waals surface area contributed by atoms with E-state index < -0.39 is 36.6 Å². The van der Waals surface area contributed by atoms with Crippen LogP contribution in [0.1, 0.15) is 11.1 Å². The number of methoxy groups -OCH3 is 1. The van der Waals surface area contributed by atoms with E-state index in [1.165, 1.54) is 41.3 Å². The Balaban J connectivity index is 1.63. The Morgan fingerprint density at radius 3 is 2.44 bits per heavy atom. The van der Waals surface area contributed by atoms with Crippen LogP contribution < -0.4 is 4.74 Å². The fraction of sp³-hybridized carbons (Fsp3) is 0.364. The molecule has 0 amide bonds. The maximum Gasteiger partial charge on any atom is 0.250 e. The van der Waals surface area contributed by atoms with Gasteiger partial charge in [0.15, 0.2) is 17.5 Å². The second kappa shape index (κ2) is 9.61. The molecule has 0 radical (unpaired) electrons. The van der Waals surface area contributed by atoms with Crippen LogP contribution in [0.4, 0.5) is 0 Å². The maximum atomic E-state index is 11.2. The molecule has 5 atom stereocenters. The van der Waals surface area contributed by atoms with Gasteiger partial charge in [-0.3, -0.25) is 4.68 Å². The van der Waals surface area contributed by atoms with Crippen LogP contribution in [0.25, 0.3) is 5.95 Å². The average Bonchev–Trinajstić information content (AvgIpc) is 3.50. The molecule has 4 heterocycles. The molecule has 0 unspecified atom stereocenters. The number of aliphatic hydroxyl groups excluding tert-OH is 3. The van der Waals surface area contributed by atoms with Crippen LogP contribution in [0.5, 0.6) is 5.75 Å². The van der Waals surface area contributed by atoms with Gasteiger partial charge in [-0.15, -0.1) is 0 Å². The number of hydrogen-bond donors (Lipinski definition) is 4. The molecule has 0 aromatic carbocycles. The van der Waals surface area contributed by atoms with Crippen molar-refractivity contribution in [3.8, 4) is 35.4 Å². The minimum atomic E-state index is -2.25. The second-order valence-electron chi connectivity index (χ2n) is 7.52. The number of aryl methyl sites for hydroxylation is 1. The van der Waals surface area contributed by atoms with Gasteiger partial charge in [0, 0.05) is 19.4 Å². The van der Waals surface area contributed by atoms with Gasteiger partial charge < -0.3 is 29.9 Å². The van der Waals surface area contributed by atoms with Crippen molar-refractivity contribution in [3.05, 3.63) is 48.3 Å². The highest BCUT2D eigenvalue weighted by atomic mass is 16.5. The fourth-order valence-electron chi connectivity index (χ4n) is 3.25. The van der Waals surface area contributed by atoms with E-state index in [1.54, 1.807) is 19.4 Å². The van der Waals surface area contributed by atoms with Crippen molar-refractivity contribution < 1.29 is 29.9 Å². The zero-order valence-electron chi connectivity index (χ0n) is 18.3. The lowest BCUT2D eigenvalue weighted by Gasteiger charge is -2.43. The van der Waals surface area contributed by atoms with E-state index in [0.717, 1.165) is 0 Å². The average molecular weight is 466 g/mol. The molecule has 4 N–H and O–H groups in total. The van der Waals surface area contributed by atoms with Gasteiger partial charge in [-0.2, -0.15) is 10.2 Å². The molecule has 176 valence electrons. The Bertz CT molecular complexity index is 1270. The van der Waals surface area contributed by atoms with Crippen LogP contribution in [-0.4, -0.2) is 93.7 Å². The zero-order valence-corrected chi connectivity index (χ0v) is 18.3. The molecule has 0 saturated carbocycles. The first-order valence-electron chi connectivity index (χ1n) is 10.1. The van der Waals surface area contributed by atoms with Crippen LogP contribution in [0.3, 0.4) is 0 Å². The molecule has 1 saturated heterocycles. The molecule has 3 aromatic heterocycles. The molecule has 4 rings (SSSR count). The highest BCUT2D eigenvalue weighted by Gasteiger charge is 2.53. The van der Waals surface area contributed by atoms with Crippen LogP contribution in [0, 0.1) is 23.7 Å². The summed E-state index contributed by atoms with van der Waals surface area (Å²) in [5.41, 5.74) is -1.33. The normalized spacial score (nSPS) is 26.2. The maximum absolute atomic E-state index is 11.2. The third-order valence-corrected chi connectivity index (χ3v) is 5.14. The van der Waals surface area contributed by atoms with Gasteiger partial charge in [-0.25, -0.2) is 14.6 Å². The molecule has 0 spiro atoms. The number of nitrogens with zero attached hydrogens (tertiary/aromatic N) is 6. The first kappa shape index (κ1) is 23.4. The molecular weight excluding hydrogens is 444 g/mol. The summed E-state index contributed by atoms with van der Waals surface area (Å²) in [5.74, 6) is 11.6. The lowest BCUT2D eigenvalue weighted by Crippen LogP contribution is -2.65. The predicted octanol–water partition coefficient (Wildman–Crippen LogP) is -1.98. The standard InChI is InChI=1S/C22H22N6O6/c1-27-11-15(7-25-27)5-6-22(32)18(34-17(13-29)19(30)20(22)31)4-3-14-8-26-28(12-14)21-23-9-16(33-2)10-24-21/h7-12,17-20,29-32H,13H2,1-2H3/t17-,18-,19-,20+,22-/m1/s1. The predicted molar refractivity (Wildman–Crippen MR) is 115 cm³/mol. The Kier molecular flexibility index (Phi) is 6.61. The van der Waals surface area contributed by atoms with Crippen LogP contribution in [0.15, 0.2) is 37.2 Å². The Morgan fingerprint density at radius 1 is 1.09 bits per heavy atom. The van der Waals surface area contributed by atoms with Gasteiger partial charge in [-0.05, 0) is 0 Å². The van der Waals surface area contributed by atoms with Crippen molar-refractivity contribution in [3.63, 3.8) is 0 Å². The first-order valence-corrected chi connectivity index (χ1v) is 10.1. The molecular formula is C22H22N6O6. The van der Waals surface area contributed by atoms with E-state index in [2.05, 4.69) is 43.8 Å². The van der Waals surface area contributed by atoms with E-state index in [0.29, 0.717) is 22.8 Å². The number of aliphatic hydroxyl groups is 4. The van der Waals surface area contributed by atoms with Gasteiger partial charge in [0.1, 0.15) is 18.3 Å². The summed E-state index contributed by atoms with van der Waals surface area (Å²) < 4.78 is 13.6. The Labute approximate surface area is 194 Å². The van der Waals surface area contributed by atoms with E-state index >= 15 is 0 Å². The molecule has 0 aliphatic carbocycles. The molecule has 12 heteroatoms. The second-order valence-corrected chi connectivity index (χ2v) is 7.52. The molecule has 1 aliphatic rings. The molecule has 1 fully saturated rings. The summed E-state index contributed by atoms with van der Waals surface area (Å²) in [5, 5.41) is 49.8. The molecule has 1 aliphatic heterocycles. The van der Waals surface area contributed by atoms with Crippen LogP contribution >= 0.6 is 0 Å². The monoisotopic (exact) mass is 466 g/mol. The van der Waals surface area contributed by atoms with Crippen LogP contribution in [0.2, 0.25) is 0 Å². The van der Waals surface area contributed by atoms with Crippen molar-refractivity contribution in [2.24, 2.45) is 7.05 Å². The zero-order chi connectivity index (χ0) is 24.3. The Morgan fingerprint density at radius 2 is 1.79 bits per heavy atom. The van der Waals surface area contributed by atoms with E-state index in [9.17, 15) is 20.4 Å². The van der Waals surface area contributed by atoms with Crippen molar-refractivity contribution >= 4 is 0 Å². The minimum absolute atomic E-state index is 0.292. The number of rotatable bonds is 3. The number of ether oxygens (including phenoxy) is 2. The summed E-state index contributed by atoms with van der Waals surface area (Å²) >= 11 is 0. The molecule has 12 nitrogen and oxygen atoms in total. The molecule has 3 aromatic rings. The van der Waals surface area contributed by atoms with Crippen molar-refractivity contribution in [1.29, 1.82) is 0 Å². The SMILES string of the molecule is COc1cnc(-n2cc(C#C[C@H]3O[C@H](CO)[C@@H](O)[C@H](O)[C@@]3(O)C#Cc3cnn(C)c3)cn2)nc1. The topological polar surface area (TPSA) is 161 Å². The number of hydrogen-bond acceptors (Lipinski definition) is 10. The highest BCUT2D eigenvalue weighted by molar-refractivity contribution is 5.40. The van der Waals surface area contributed by atoms with Gasteiger partial charge >= 0.3 is 0 Å². The van der Waals surface area contributed by atoms with Gasteiger partial charge in [-0.1, -0.05) is 23.7 Å². The Hall–Kier alpha value is -3.78. The fourth-order valence-corrected chi connectivity index (χ4v) is 3.25. The summed E-state index contributed by atoms with van der Waals surface area (Å²) in [6.07, 6.45) is 3.26. The third-order valence-electron chi connectivity index (χ3n) is 5.14. The quantitative estimate of drug-likeness (QED) is 0.319. The summed E-state index contributed by atoms with van der Waals surface area (Å²) in [7, 11) is 3.21. The van der Waals surface area contributed by atoms with Gasteiger partial charge in [0.2, 0.25) is 0 Å². The summed E-state index contributed by atoms with van der Waals surface area (Å²) in [6, 6.07) is 0. The molecule has 0 bridgehead atoms. The van der Waals surface area contributed by atoms with Gasteiger partial charge in [0.05, 0.1) is 49.6 Å². The lowest BCUT2D eigenvalue weighted by atomic mass is 9.82. The first-order chi connectivity index (χ1) is 16.3. The van der Waals surface area contributed by atoms with E-state index in [-0.39, 0.29) is 0 Å². The molecule has 34 heavy (non-hydrogen) atoms. The summed E-state index contributed by atoms with van der Waals surface area (Å²) in [4.78, 5) is 8.28. The van der Waals surface area contributed by atoms with Crippen LogP contribution in [-0.2, 0) is 11.8 Å². The largest absolute Gasteiger partial charge is 0.494 e. The minimum Gasteiger partial charge on any atom is -0.494 e. The van der Waals surface area contributed by atoms with Crippen molar-refractivity contribution in [2.75, 3.05) is 13.7 Å².